The maximum Gasteiger partial charge on any atom is 0.158 e. The summed E-state index contributed by atoms with van der Waals surface area (Å²) in [5.41, 5.74) is 0. The molecule has 1 N–H and O–H groups in total. The maximum absolute atomic E-state index is 9.01. The van der Waals surface area contributed by atoms with Gasteiger partial charge in [0, 0.05) is 13.1 Å². The molecule has 1 fully saturated rings. The molecule has 1 saturated heterocycles. The first-order valence-corrected chi connectivity index (χ1v) is 5.60. The molecule has 0 atom stereocenters. The minimum absolute atomic E-state index is 0.0278. The topological polar surface area (TPSA) is 54.2 Å². The number of piperidine rings is 1. The molecule has 2 rings (SSSR count). The van der Waals surface area contributed by atoms with Gasteiger partial charge in [-0.25, -0.2) is 0 Å². The number of hydrogen-bond acceptors (Lipinski definition) is 4. The third-order valence-electron chi connectivity index (χ3n) is 2.94. The lowest BCUT2D eigenvalue weighted by molar-refractivity contribution is 0.215. The molecule has 5 nitrogen and oxygen atoms in total. The van der Waals surface area contributed by atoms with Crippen molar-refractivity contribution in [1.82, 2.24) is 19.7 Å². The van der Waals surface area contributed by atoms with E-state index in [4.69, 9.17) is 5.11 Å². The average molecular weight is 210 g/mol. The van der Waals surface area contributed by atoms with Crippen LogP contribution in [0.15, 0.2) is 6.33 Å². The van der Waals surface area contributed by atoms with Gasteiger partial charge in [-0.2, -0.15) is 0 Å². The second-order valence-electron chi connectivity index (χ2n) is 4.00. The lowest BCUT2D eigenvalue weighted by atomic mass is 10.1. The van der Waals surface area contributed by atoms with Gasteiger partial charge in [0.15, 0.2) is 5.82 Å². The molecule has 5 heteroatoms. The zero-order valence-corrected chi connectivity index (χ0v) is 8.97. The van der Waals surface area contributed by atoms with E-state index in [-0.39, 0.29) is 6.61 Å². The van der Waals surface area contributed by atoms with E-state index in [1.807, 2.05) is 4.57 Å². The first-order valence-electron chi connectivity index (χ1n) is 5.60. The van der Waals surface area contributed by atoms with Gasteiger partial charge in [-0.3, -0.25) is 0 Å². The van der Waals surface area contributed by atoms with Crippen molar-refractivity contribution in [3.05, 3.63) is 12.2 Å². The van der Waals surface area contributed by atoms with Crippen LogP contribution in [0.1, 0.15) is 25.1 Å². The van der Waals surface area contributed by atoms with E-state index in [1.165, 1.54) is 32.4 Å². The van der Waals surface area contributed by atoms with Crippen molar-refractivity contribution in [1.29, 1.82) is 0 Å². The summed E-state index contributed by atoms with van der Waals surface area (Å²) < 4.78 is 1.93. The van der Waals surface area contributed by atoms with Crippen LogP contribution in [-0.4, -0.2) is 44.4 Å². The van der Waals surface area contributed by atoms with E-state index in [2.05, 4.69) is 15.1 Å². The highest BCUT2D eigenvalue weighted by Gasteiger charge is 2.10. The van der Waals surface area contributed by atoms with E-state index in [0.717, 1.165) is 13.1 Å². The van der Waals surface area contributed by atoms with Crippen molar-refractivity contribution in [2.24, 2.45) is 0 Å². The van der Waals surface area contributed by atoms with Crippen molar-refractivity contribution < 1.29 is 5.11 Å². The molecule has 0 spiro atoms. The van der Waals surface area contributed by atoms with Gasteiger partial charge in [-0.05, 0) is 25.9 Å². The lowest BCUT2D eigenvalue weighted by Crippen LogP contribution is -2.32. The van der Waals surface area contributed by atoms with Crippen LogP contribution in [0.2, 0.25) is 0 Å². The van der Waals surface area contributed by atoms with Crippen molar-refractivity contribution in [3.63, 3.8) is 0 Å². The summed E-state index contributed by atoms with van der Waals surface area (Å²) in [6.07, 6.45) is 5.69. The van der Waals surface area contributed by atoms with E-state index in [9.17, 15) is 0 Å². The first kappa shape index (κ1) is 10.6. The Hall–Kier alpha value is -0.940. The van der Waals surface area contributed by atoms with Gasteiger partial charge in [0.1, 0.15) is 12.9 Å². The Labute approximate surface area is 89.7 Å². The molecule has 0 amide bonds. The van der Waals surface area contributed by atoms with Gasteiger partial charge >= 0.3 is 0 Å². The van der Waals surface area contributed by atoms with E-state index >= 15 is 0 Å². The molecule has 1 aromatic rings. The molecule has 15 heavy (non-hydrogen) atoms. The predicted molar refractivity (Wildman–Crippen MR) is 56.2 cm³/mol. The van der Waals surface area contributed by atoms with Gasteiger partial charge in [0.2, 0.25) is 0 Å². The quantitative estimate of drug-likeness (QED) is 0.774. The van der Waals surface area contributed by atoms with Crippen molar-refractivity contribution in [2.75, 3.05) is 19.6 Å². The molecule has 1 aromatic heterocycles. The summed E-state index contributed by atoms with van der Waals surface area (Å²) in [7, 11) is 0. The molecule has 0 aromatic carbocycles. The summed E-state index contributed by atoms with van der Waals surface area (Å²) in [4.78, 5) is 2.46. The van der Waals surface area contributed by atoms with Gasteiger partial charge in [0.05, 0.1) is 0 Å². The summed E-state index contributed by atoms with van der Waals surface area (Å²) in [6.45, 7) is 4.29. The zero-order chi connectivity index (χ0) is 10.5. The van der Waals surface area contributed by atoms with Crippen LogP contribution in [0.5, 0.6) is 0 Å². The molecule has 0 saturated carbocycles. The fraction of sp³-hybridized carbons (Fsp3) is 0.800. The number of nitrogens with zero attached hydrogens (tertiary/aromatic N) is 4. The molecule has 0 unspecified atom stereocenters. The average Bonchev–Trinajstić information content (AvgIpc) is 2.75. The standard InChI is InChI=1S/C10H18N4O/c15-8-10-12-11-9-14(10)7-6-13-4-2-1-3-5-13/h9,15H,1-8H2. The normalized spacial score (nSPS) is 18.2. The monoisotopic (exact) mass is 210 g/mol. The third kappa shape index (κ3) is 2.76. The lowest BCUT2D eigenvalue weighted by Gasteiger charge is -2.26. The number of aliphatic hydroxyl groups is 1. The number of aliphatic hydroxyl groups excluding tert-OH is 1. The second kappa shape index (κ2) is 5.23. The minimum atomic E-state index is -0.0278. The largest absolute Gasteiger partial charge is 0.388 e. The van der Waals surface area contributed by atoms with E-state index in [0.29, 0.717) is 5.82 Å². The summed E-state index contributed by atoms with van der Waals surface area (Å²) in [5.74, 6) is 0.659. The van der Waals surface area contributed by atoms with Crippen molar-refractivity contribution >= 4 is 0 Å². The van der Waals surface area contributed by atoms with Gasteiger partial charge in [0.25, 0.3) is 0 Å². The zero-order valence-electron chi connectivity index (χ0n) is 8.97. The fourth-order valence-corrected chi connectivity index (χ4v) is 2.02. The van der Waals surface area contributed by atoms with Crippen LogP contribution < -0.4 is 0 Å². The number of likely N-dealkylation sites (tertiary alicyclic amines) is 1. The van der Waals surface area contributed by atoms with Crippen LogP contribution in [-0.2, 0) is 13.2 Å². The Morgan fingerprint density at radius 2 is 2.00 bits per heavy atom. The molecule has 1 aliphatic rings. The smallest absolute Gasteiger partial charge is 0.158 e. The van der Waals surface area contributed by atoms with E-state index < -0.39 is 0 Å². The van der Waals surface area contributed by atoms with Gasteiger partial charge < -0.3 is 14.6 Å². The molecular formula is C10H18N4O. The Kier molecular flexibility index (Phi) is 3.69. The van der Waals surface area contributed by atoms with Crippen molar-refractivity contribution in [2.45, 2.75) is 32.4 Å². The maximum atomic E-state index is 9.01. The Morgan fingerprint density at radius 3 is 2.73 bits per heavy atom. The molecule has 84 valence electrons. The van der Waals surface area contributed by atoms with Crippen LogP contribution in [0.4, 0.5) is 0 Å². The Morgan fingerprint density at radius 1 is 1.20 bits per heavy atom. The third-order valence-corrected chi connectivity index (χ3v) is 2.94. The van der Waals surface area contributed by atoms with Gasteiger partial charge in [-0.15, -0.1) is 10.2 Å². The molecule has 1 aliphatic heterocycles. The summed E-state index contributed by atoms with van der Waals surface area (Å²) >= 11 is 0. The Balaban J connectivity index is 1.81. The van der Waals surface area contributed by atoms with Crippen molar-refractivity contribution in [3.8, 4) is 0 Å². The second-order valence-corrected chi connectivity index (χ2v) is 4.00. The SMILES string of the molecule is OCc1nncn1CCN1CCCCC1. The Bertz CT molecular complexity index is 293. The number of aromatic nitrogens is 3. The number of hydrogen-bond donors (Lipinski definition) is 1. The molecule has 0 radical (unpaired) electrons. The highest BCUT2D eigenvalue weighted by atomic mass is 16.3. The molecule has 2 heterocycles. The highest BCUT2D eigenvalue weighted by molar-refractivity contribution is 4.82. The molecule has 0 aliphatic carbocycles. The highest BCUT2D eigenvalue weighted by Crippen LogP contribution is 2.08. The molecule has 0 bridgehead atoms. The van der Waals surface area contributed by atoms with Crippen LogP contribution in [0.25, 0.3) is 0 Å². The van der Waals surface area contributed by atoms with Crippen LogP contribution >= 0.6 is 0 Å². The number of rotatable bonds is 4. The molecular weight excluding hydrogens is 192 g/mol. The summed E-state index contributed by atoms with van der Waals surface area (Å²) in [6, 6.07) is 0. The van der Waals surface area contributed by atoms with E-state index in [1.54, 1.807) is 6.33 Å². The predicted octanol–water partition coefficient (Wildman–Crippen LogP) is 0.256. The summed E-state index contributed by atoms with van der Waals surface area (Å²) in [5, 5.41) is 16.6. The van der Waals surface area contributed by atoms with Crippen LogP contribution in [0.3, 0.4) is 0 Å². The minimum Gasteiger partial charge on any atom is -0.388 e. The van der Waals surface area contributed by atoms with Gasteiger partial charge in [-0.1, -0.05) is 6.42 Å². The van der Waals surface area contributed by atoms with Crippen LogP contribution in [0, 0.1) is 0 Å². The first-order chi connectivity index (χ1) is 7.40. The fourth-order valence-electron chi connectivity index (χ4n) is 2.02.